The summed E-state index contributed by atoms with van der Waals surface area (Å²) in [5.74, 6) is 0.224. The van der Waals surface area contributed by atoms with Crippen LogP contribution < -0.4 is 5.32 Å². The van der Waals surface area contributed by atoms with E-state index in [1.165, 1.54) is 11.8 Å². The summed E-state index contributed by atoms with van der Waals surface area (Å²) in [5, 5.41) is 3.75. The van der Waals surface area contributed by atoms with E-state index < -0.39 is 0 Å². The van der Waals surface area contributed by atoms with E-state index in [1.54, 1.807) is 18.2 Å². The van der Waals surface area contributed by atoms with Gasteiger partial charge in [0.15, 0.2) is 0 Å². The quantitative estimate of drug-likeness (QED) is 0.699. The van der Waals surface area contributed by atoms with Crippen LogP contribution in [-0.4, -0.2) is 11.7 Å². The number of amides is 1. The van der Waals surface area contributed by atoms with Crippen LogP contribution in [0.3, 0.4) is 0 Å². The van der Waals surface area contributed by atoms with Crippen molar-refractivity contribution in [3.63, 3.8) is 0 Å². The van der Waals surface area contributed by atoms with Crippen molar-refractivity contribution in [3.8, 4) is 0 Å². The molecule has 0 fully saturated rings. The molecule has 0 bridgehead atoms. The number of benzene rings is 2. The average Bonchev–Trinajstić information content (AvgIpc) is 2.37. The first-order chi connectivity index (χ1) is 9.52. The first-order valence-electron chi connectivity index (χ1n) is 5.67. The Balaban J connectivity index is 1.90. The zero-order valence-corrected chi connectivity index (χ0v) is 14.1. The summed E-state index contributed by atoms with van der Waals surface area (Å²) >= 11 is 16.6. The van der Waals surface area contributed by atoms with Crippen molar-refractivity contribution in [3.05, 3.63) is 57.0 Å². The van der Waals surface area contributed by atoms with E-state index in [4.69, 9.17) is 23.2 Å². The van der Waals surface area contributed by atoms with Crippen LogP contribution in [0.15, 0.2) is 51.8 Å². The summed E-state index contributed by atoms with van der Waals surface area (Å²) < 4.78 is 1.01. The Hall–Kier alpha value is -0.680. The molecule has 2 aromatic rings. The van der Waals surface area contributed by atoms with Crippen LogP contribution in [0.4, 0.5) is 5.69 Å². The molecule has 20 heavy (non-hydrogen) atoms. The van der Waals surface area contributed by atoms with Gasteiger partial charge < -0.3 is 5.32 Å². The molecule has 1 N–H and O–H groups in total. The minimum absolute atomic E-state index is 0.101. The van der Waals surface area contributed by atoms with E-state index in [9.17, 15) is 4.79 Å². The third-order valence-corrected chi connectivity index (χ3v) is 4.31. The molecule has 0 unspecified atom stereocenters. The Labute approximate surface area is 140 Å². The first-order valence-corrected chi connectivity index (χ1v) is 8.21. The molecule has 0 spiro atoms. The van der Waals surface area contributed by atoms with Gasteiger partial charge in [0, 0.05) is 25.1 Å². The van der Waals surface area contributed by atoms with Gasteiger partial charge in [0.1, 0.15) is 0 Å². The van der Waals surface area contributed by atoms with E-state index in [2.05, 4.69) is 21.2 Å². The van der Waals surface area contributed by atoms with Crippen LogP contribution in [0.2, 0.25) is 10.0 Å². The SMILES string of the molecule is O=C(CSc1ccc(Br)cc1)Nc1cc(Cl)cc(Cl)c1. The number of hydrogen-bond donors (Lipinski definition) is 1. The predicted octanol–water partition coefficient (Wildman–Crippen LogP) is 5.49. The van der Waals surface area contributed by atoms with Gasteiger partial charge in [0.05, 0.1) is 5.75 Å². The van der Waals surface area contributed by atoms with Gasteiger partial charge >= 0.3 is 0 Å². The Kier molecular flexibility index (Phi) is 5.78. The van der Waals surface area contributed by atoms with Crippen molar-refractivity contribution in [2.45, 2.75) is 4.90 Å². The molecule has 0 aromatic heterocycles. The molecule has 0 aliphatic rings. The molecule has 0 heterocycles. The van der Waals surface area contributed by atoms with Crippen LogP contribution in [-0.2, 0) is 4.79 Å². The Bertz CT molecular complexity index is 599. The van der Waals surface area contributed by atoms with Crippen LogP contribution in [0.1, 0.15) is 0 Å². The summed E-state index contributed by atoms with van der Waals surface area (Å²) in [6.07, 6.45) is 0. The molecule has 0 aliphatic carbocycles. The van der Waals surface area contributed by atoms with Gasteiger partial charge in [-0.3, -0.25) is 4.79 Å². The number of thioether (sulfide) groups is 1. The maximum absolute atomic E-state index is 11.8. The molecule has 1 amide bonds. The summed E-state index contributed by atoms with van der Waals surface area (Å²) in [5.41, 5.74) is 0.601. The lowest BCUT2D eigenvalue weighted by atomic mass is 10.3. The fourth-order valence-electron chi connectivity index (χ4n) is 1.50. The molecule has 0 radical (unpaired) electrons. The lowest BCUT2D eigenvalue weighted by Gasteiger charge is -2.06. The average molecular weight is 391 g/mol. The molecule has 6 heteroatoms. The molecule has 0 saturated heterocycles. The zero-order valence-electron chi connectivity index (χ0n) is 10.2. The van der Waals surface area contributed by atoms with Gasteiger partial charge in [-0.15, -0.1) is 11.8 Å². The van der Waals surface area contributed by atoms with Crippen molar-refractivity contribution < 1.29 is 4.79 Å². The van der Waals surface area contributed by atoms with Crippen molar-refractivity contribution >= 4 is 62.5 Å². The summed E-state index contributed by atoms with van der Waals surface area (Å²) in [7, 11) is 0. The van der Waals surface area contributed by atoms with Crippen LogP contribution in [0, 0.1) is 0 Å². The van der Waals surface area contributed by atoms with Gasteiger partial charge in [-0.05, 0) is 42.5 Å². The number of nitrogens with one attached hydrogen (secondary N) is 1. The minimum atomic E-state index is -0.101. The van der Waals surface area contributed by atoms with Gasteiger partial charge in [0.2, 0.25) is 5.91 Å². The van der Waals surface area contributed by atoms with E-state index in [0.29, 0.717) is 21.5 Å². The molecule has 2 rings (SSSR count). The van der Waals surface area contributed by atoms with Gasteiger partial charge in [0.25, 0.3) is 0 Å². The van der Waals surface area contributed by atoms with Crippen molar-refractivity contribution in [1.29, 1.82) is 0 Å². The zero-order chi connectivity index (χ0) is 14.5. The molecule has 104 valence electrons. The molecule has 0 atom stereocenters. The molecular formula is C14H10BrCl2NOS. The fraction of sp³-hybridized carbons (Fsp3) is 0.0714. The van der Waals surface area contributed by atoms with E-state index >= 15 is 0 Å². The topological polar surface area (TPSA) is 29.1 Å². The highest BCUT2D eigenvalue weighted by Crippen LogP contribution is 2.24. The smallest absolute Gasteiger partial charge is 0.234 e. The second-order valence-electron chi connectivity index (χ2n) is 3.95. The Morgan fingerprint density at radius 2 is 1.70 bits per heavy atom. The molecular weight excluding hydrogens is 381 g/mol. The number of anilines is 1. The van der Waals surface area contributed by atoms with Crippen molar-refractivity contribution in [2.24, 2.45) is 0 Å². The fourth-order valence-corrected chi connectivity index (χ4v) is 2.99. The Morgan fingerprint density at radius 1 is 1.10 bits per heavy atom. The maximum atomic E-state index is 11.8. The Morgan fingerprint density at radius 3 is 2.30 bits per heavy atom. The minimum Gasteiger partial charge on any atom is -0.325 e. The highest BCUT2D eigenvalue weighted by Gasteiger charge is 2.05. The monoisotopic (exact) mass is 389 g/mol. The third kappa shape index (κ3) is 5.02. The largest absolute Gasteiger partial charge is 0.325 e. The highest BCUT2D eigenvalue weighted by atomic mass is 79.9. The second-order valence-corrected chi connectivity index (χ2v) is 6.79. The molecule has 2 nitrogen and oxygen atoms in total. The second kappa shape index (κ2) is 7.36. The molecule has 0 aliphatic heterocycles. The standard InChI is InChI=1S/C14H10BrCl2NOS/c15-9-1-3-13(4-2-9)20-8-14(19)18-12-6-10(16)5-11(17)7-12/h1-7H,8H2,(H,18,19). The van der Waals surface area contributed by atoms with Gasteiger partial charge in [-0.2, -0.15) is 0 Å². The highest BCUT2D eigenvalue weighted by molar-refractivity contribution is 9.10. The number of carbonyl (C=O) groups is 1. The molecule has 0 saturated carbocycles. The number of carbonyl (C=O) groups excluding carboxylic acids is 1. The summed E-state index contributed by atoms with van der Waals surface area (Å²) in [4.78, 5) is 12.9. The van der Waals surface area contributed by atoms with Crippen LogP contribution in [0.25, 0.3) is 0 Å². The summed E-state index contributed by atoms with van der Waals surface area (Å²) in [6.45, 7) is 0. The van der Waals surface area contributed by atoms with Gasteiger partial charge in [-0.1, -0.05) is 39.1 Å². The van der Waals surface area contributed by atoms with E-state index in [0.717, 1.165) is 9.37 Å². The number of rotatable bonds is 4. The lowest BCUT2D eigenvalue weighted by molar-refractivity contribution is -0.113. The normalized spacial score (nSPS) is 10.3. The number of halogens is 3. The summed E-state index contributed by atoms with van der Waals surface area (Å²) in [6, 6.07) is 12.7. The lowest BCUT2D eigenvalue weighted by Crippen LogP contribution is -2.13. The number of hydrogen-bond acceptors (Lipinski definition) is 2. The maximum Gasteiger partial charge on any atom is 0.234 e. The molecule has 2 aromatic carbocycles. The van der Waals surface area contributed by atoms with Crippen LogP contribution >= 0.6 is 50.9 Å². The predicted molar refractivity (Wildman–Crippen MR) is 90.0 cm³/mol. The van der Waals surface area contributed by atoms with E-state index in [1.807, 2.05) is 24.3 Å². The first kappa shape index (κ1) is 15.7. The van der Waals surface area contributed by atoms with Crippen molar-refractivity contribution in [2.75, 3.05) is 11.1 Å². The van der Waals surface area contributed by atoms with Gasteiger partial charge in [-0.25, -0.2) is 0 Å². The van der Waals surface area contributed by atoms with Crippen molar-refractivity contribution in [1.82, 2.24) is 0 Å². The van der Waals surface area contributed by atoms with E-state index in [-0.39, 0.29) is 5.91 Å². The third-order valence-electron chi connectivity index (χ3n) is 2.33. The van der Waals surface area contributed by atoms with Crippen LogP contribution in [0.5, 0.6) is 0 Å².